The quantitative estimate of drug-likeness (QED) is 0.346. The SMILES string of the molecule is CN=C(NCCCC(C)C)NCc1ccccc1.I. The molecule has 2 N–H and O–H groups in total. The van der Waals surface area contributed by atoms with Crippen LogP contribution in [-0.2, 0) is 6.54 Å². The number of rotatable bonds is 6. The third-order valence-electron chi connectivity index (χ3n) is 2.78. The highest BCUT2D eigenvalue weighted by molar-refractivity contribution is 14.0. The first-order valence-electron chi connectivity index (χ1n) is 6.71. The van der Waals surface area contributed by atoms with Crippen LogP contribution in [0.2, 0.25) is 0 Å². The minimum atomic E-state index is 0. The molecule has 0 heterocycles. The first-order chi connectivity index (χ1) is 8.72. The number of guanidine groups is 1. The zero-order chi connectivity index (χ0) is 13.2. The van der Waals surface area contributed by atoms with Gasteiger partial charge in [0, 0.05) is 20.1 Å². The molecule has 0 fully saturated rings. The Morgan fingerprint density at radius 2 is 1.84 bits per heavy atom. The Labute approximate surface area is 134 Å². The number of halogens is 1. The molecule has 1 aromatic rings. The van der Waals surface area contributed by atoms with Gasteiger partial charge in [-0.3, -0.25) is 4.99 Å². The highest BCUT2D eigenvalue weighted by atomic mass is 127. The zero-order valence-corrected chi connectivity index (χ0v) is 14.5. The summed E-state index contributed by atoms with van der Waals surface area (Å²) in [4.78, 5) is 4.21. The maximum atomic E-state index is 4.21. The van der Waals surface area contributed by atoms with Crippen LogP contribution in [-0.4, -0.2) is 19.6 Å². The van der Waals surface area contributed by atoms with Gasteiger partial charge in [-0.1, -0.05) is 44.2 Å². The first-order valence-corrected chi connectivity index (χ1v) is 6.71. The van der Waals surface area contributed by atoms with Crippen LogP contribution >= 0.6 is 24.0 Å². The summed E-state index contributed by atoms with van der Waals surface area (Å²) >= 11 is 0. The number of benzene rings is 1. The zero-order valence-electron chi connectivity index (χ0n) is 12.1. The minimum Gasteiger partial charge on any atom is -0.356 e. The lowest BCUT2D eigenvalue weighted by molar-refractivity contribution is 0.549. The Morgan fingerprint density at radius 1 is 1.16 bits per heavy atom. The number of nitrogens with one attached hydrogen (secondary N) is 2. The average Bonchev–Trinajstić information content (AvgIpc) is 2.39. The van der Waals surface area contributed by atoms with Crippen LogP contribution in [0.4, 0.5) is 0 Å². The Bertz CT molecular complexity index is 350. The van der Waals surface area contributed by atoms with E-state index >= 15 is 0 Å². The monoisotopic (exact) mass is 375 g/mol. The largest absolute Gasteiger partial charge is 0.356 e. The summed E-state index contributed by atoms with van der Waals surface area (Å²) in [6, 6.07) is 10.4. The molecule has 0 atom stereocenters. The fraction of sp³-hybridized carbons (Fsp3) is 0.533. The van der Waals surface area contributed by atoms with Gasteiger partial charge >= 0.3 is 0 Å². The Balaban J connectivity index is 0.00000324. The van der Waals surface area contributed by atoms with E-state index < -0.39 is 0 Å². The van der Waals surface area contributed by atoms with Gasteiger partial charge in [0.1, 0.15) is 0 Å². The molecule has 0 amide bonds. The second-order valence-corrected chi connectivity index (χ2v) is 4.87. The number of hydrogen-bond acceptors (Lipinski definition) is 1. The van der Waals surface area contributed by atoms with Crippen LogP contribution in [0.5, 0.6) is 0 Å². The van der Waals surface area contributed by atoms with Crippen LogP contribution in [0.15, 0.2) is 35.3 Å². The molecule has 1 aromatic carbocycles. The van der Waals surface area contributed by atoms with E-state index in [0.29, 0.717) is 0 Å². The maximum absolute atomic E-state index is 4.21. The lowest BCUT2D eigenvalue weighted by Crippen LogP contribution is -2.37. The molecule has 0 saturated carbocycles. The van der Waals surface area contributed by atoms with E-state index in [1.165, 1.54) is 18.4 Å². The van der Waals surface area contributed by atoms with Crippen molar-refractivity contribution in [3.05, 3.63) is 35.9 Å². The molecule has 0 aromatic heterocycles. The predicted molar refractivity (Wildman–Crippen MR) is 94.1 cm³/mol. The standard InChI is InChI=1S/C15H25N3.HI/c1-13(2)8-7-11-17-15(16-3)18-12-14-9-5-4-6-10-14;/h4-6,9-10,13H,7-8,11-12H2,1-3H3,(H2,16,17,18);1H. The summed E-state index contributed by atoms with van der Waals surface area (Å²) in [6.07, 6.45) is 2.44. The second-order valence-electron chi connectivity index (χ2n) is 4.87. The molecule has 0 aliphatic heterocycles. The van der Waals surface area contributed by atoms with Gasteiger partial charge in [0.15, 0.2) is 5.96 Å². The van der Waals surface area contributed by atoms with Gasteiger partial charge in [0.25, 0.3) is 0 Å². The molecule has 19 heavy (non-hydrogen) atoms. The summed E-state index contributed by atoms with van der Waals surface area (Å²) in [6.45, 7) is 6.29. The molecule has 0 aliphatic rings. The van der Waals surface area contributed by atoms with Crippen molar-refractivity contribution in [3.63, 3.8) is 0 Å². The van der Waals surface area contributed by atoms with Crippen LogP contribution in [0.25, 0.3) is 0 Å². The Hall–Kier alpha value is -0.780. The summed E-state index contributed by atoms with van der Waals surface area (Å²) in [5, 5.41) is 6.65. The molecule has 0 unspecified atom stereocenters. The molecule has 0 bridgehead atoms. The molecule has 0 radical (unpaired) electrons. The van der Waals surface area contributed by atoms with E-state index in [1.807, 2.05) is 13.1 Å². The number of hydrogen-bond donors (Lipinski definition) is 2. The molecule has 108 valence electrons. The summed E-state index contributed by atoms with van der Waals surface area (Å²) < 4.78 is 0. The van der Waals surface area contributed by atoms with Crippen molar-refractivity contribution >= 4 is 29.9 Å². The summed E-state index contributed by atoms with van der Waals surface area (Å²) in [5.41, 5.74) is 1.27. The highest BCUT2D eigenvalue weighted by Gasteiger charge is 1.98. The molecule has 1 rings (SSSR count). The molecule has 0 spiro atoms. The first kappa shape index (κ1) is 18.2. The van der Waals surface area contributed by atoms with Crippen LogP contribution in [0, 0.1) is 5.92 Å². The Morgan fingerprint density at radius 3 is 2.42 bits per heavy atom. The van der Waals surface area contributed by atoms with Gasteiger partial charge in [-0.25, -0.2) is 0 Å². The van der Waals surface area contributed by atoms with Crippen molar-refractivity contribution in [1.29, 1.82) is 0 Å². The van der Waals surface area contributed by atoms with Crippen LogP contribution in [0.1, 0.15) is 32.3 Å². The van der Waals surface area contributed by atoms with E-state index in [9.17, 15) is 0 Å². The molecule has 0 saturated heterocycles. The van der Waals surface area contributed by atoms with Crippen molar-refractivity contribution in [2.45, 2.75) is 33.2 Å². The smallest absolute Gasteiger partial charge is 0.191 e. The molecular formula is C15H26IN3. The highest BCUT2D eigenvalue weighted by Crippen LogP contribution is 2.01. The van der Waals surface area contributed by atoms with Gasteiger partial charge in [0.2, 0.25) is 0 Å². The van der Waals surface area contributed by atoms with Crippen molar-refractivity contribution in [1.82, 2.24) is 10.6 Å². The predicted octanol–water partition coefficient (Wildman–Crippen LogP) is 3.41. The fourth-order valence-corrected chi connectivity index (χ4v) is 1.72. The lowest BCUT2D eigenvalue weighted by atomic mass is 10.1. The normalized spacial score (nSPS) is 11.1. The molecular weight excluding hydrogens is 349 g/mol. The van der Waals surface area contributed by atoms with E-state index in [0.717, 1.165) is 25.0 Å². The second kappa shape index (κ2) is 11.1. The summed E-state index contributed by atoms with van der Waals surface area (Å²) in [5.74, 6) is 1.65. The van der Waals surface area contributed by atoms with Crippen molar-refractivity contribution in [3.8, 4) is 0 Å². The minimum absolute atomic E-state index is 0. The van der Waals surface area contributed by atoms with Gasteiger partial charge in [-0.15, -0.1) is 24.0 Å². The van der Waals surface area contributed by atoms with Crippen LogP contribution in [0.3, 0.4) is 0 Å². The molecule has 0 aliphatic carbocycles. The van der Waals surface area contributed by atoms with E-state index in [2.05, 4.69) is 53.7 Å². The van der Waals surface area contributed by atoms with Gasteiger partial charge < -0.3 is 10.6 Å². The topological polar surface area (TPSA) is 36.4 Å². The number of nitrogens with zero attached hydrogens (tertiary/aromatic N) is 1. The Kier molecular flexibility index (Phi) is 10.6. The fourth-order valence-electron chi connectivity index (χ4n) is 1.72. The van der Waals surface area contributed by atoms with Gasteiger partial charge in [0.05, 0.1) is 0 Å². The van der Waals surface area contributed by atoms with E-state index in [4.69, 9.17) is 0 Å². The van der Waals surface area contributed by atoms with Gasteiger partial charge in [-0.05, 0) is 24.3 Å². The third kappa shape index (κ3) is 8.86. The molecule has 3 nitrogen and oxygen atoms in total. The van der Waals surface area contributed by atoms with Crippen LogP contribution < -0.4 is 10.6 Å². The van der Waals surface area contributed by atoms with Gasteiger partial charge in [-0.2, -0.15) is 0 Å². The van der Waals surface area contributed by atoms with Crippen molar-refractivity contribution < 1.29 is 0 Å². The lowest BCUT2D eigenvalue weighted by Gasteiger charge is -2.12. The van der Waals surface area contributed by atoms with Crippen molar-refractivity contribution in [2.75, 3.05) is 13.6 Å². The summed E-state index contributed by atoms with van der Waals surface area (Å²) in [7, 11) is 1.81. The number of aliphatic imine (C=N–C) groups is 1. The molecule has 4 heteroatoms. The van der Waals surface area contributed by atoms with E-state index in [-0.39, 0.29) is 24.0 Å². The average molecular weight is 375 g/mol. The van der Waals surface area contributed by atoms with Crippen molar-refractivity contribution in [2.24, 2.45) is 10.9 Å². The maximum Gasteiger partial charge on any atom is 0.191 e. The third-order valence-corrected chi connectivity index (χ3v) is 2.78. The van der Waals surface area contributed by atoms with E-state index in [1.54, 1.807) is 0 Å².